The zero-order chi connectivity index (χ0) is 11.5. The first kappa shape index (κ1) is 10.6. The maximum atomic E-state index is 11.3. The van der Waals surface area contributed by atoms with Crippen molar-refractivity contribution >= 4 is 16.9 Å². The van der Waals surface area contributed by atoms with Gasteiger partial charge in [-0.2, -0.15) is 0 Å². The number of pyridine rings is 1. The molecule has 1 aromatic carbocycles. The summed E-state index contributed by atoms with van der Waals surface area (Å²) in [6.45, 7) is 2.03. The molecule has 0 N–H and O–H groups in total. The predicted octanol–water partition coefficient (Wildman–Crippen LogP) is 2.26. The van der Waals surface area contributed by atoms with Crippen molar-refractivity contribution in [2.24, 2.45) is 0 Å². The molecule has 0 unspecified atom stereocenters. The molecule has 0 bridgehead atoms. The average Bonchev–Trinajstić information content (AvgIpc) is 2.33. The van der Waals surface area contributed by atoms with Gasteiger partial charge in [-0.1, -0.05) is 18.2 Å². The zero-order valence-corrected chi connectivity index (χ0v) is 9.36. The molecule has 1 heterocycles. The highest BCUT2D eigenvalue weighted by atomic mass is 16.5. The molecule has 16 heavy (non-hydrogen) atoms. The van der Waals surface area contributed by atoms with E-state index in [1.54, 1.807) is 6.20 Å². The molecule has 0 radical (unpaired) electrons. The lowest BCUT2D eigenvalue weighted by Crippen LogP contribution is -2.05. The molecule has 0 atom stereocenters. The molecule has 0 fully saturated rings. The number of nitrogens with zero attached hydrogens (tertiary/aromatic N) is 1. The molecule has 0 saturated carbocycles. The van der Waals surface area contributed by atoms with Gasteiger partial charge in [0.25, 0.3) is 0 Å². The fraction of sp³-hybridized carbons (Fsp3) is 0.231. The van der Waals surface area contributed by atoms with Gasteiger partial charge in [-0.05, 0) is 24.1 Å². The summed E-state index contributed by atoms with van der Waals surface area (Å²) in [6, 6.07) is 7.85. The number of methoxy groups -OCH3 is 1. The average molecular weight is 215 g/mol. The SMILES string of the molecule is COC(=O)Cc1ccc(C)c2cccnc12. The number of fused-ring (bicyclic) bond motifs is 1. The number of aryl methyl sites for hydroxylation is 1. The van der Waals surface area contributed by atoms with Crippen LogP contribution in [0.15, 0.2) is 30.5 Å². The number of hydrogen-bond donors (Lipinski definition) is 0. The van der Waals surface area contributed by atoms with Gasteiger partial charge in [-0.25, -0.2) is 0 Å². The second kappa shape index (κ2) is 4.31. The lowest BCUT2D eigenvalue weighted by Gasteiger charge is -2.06. The summed E-state index contributed by atoms with van der Waals surface area (Å²) in [7, 11) is 1.39. The minimum absolute atomic E-state index is 0.240. The number of ether oxygens (including phenoxy) is 1. The van der Waals surface area contributed by atoms with Crippen molar-refractivity contribution in [1.82, 2.24) is 4.98 Å². The normalized spacial score (nSPS) is 10.4. The molecule has 3 nitrogen and oxygen atoms in total. The Kier molecular flexibility index (Phi) is 2.86. The van der Waals surface area contributed by atoms with Crippen LogP contribution in [-0.4, -0.2) is 18.1 Å². The summed E-state index contributed by atoms with van der Waals surface area (Å²) in [4.78, 5) is 15.6. The second-order valence-electron chi connectivity index (χ2n) is 3.69. The van der Waals surface area contributed by atoms with Crippen LogP contribution in [0, 0.1) is 6.92 Å². The Balaban J connectivity index is 2.54. The van der Waals surface area contributed by atoms with Gasteiger partial charge < -0.3 is 4.74 Å². The first-order chi connectivity index (χ1) is 7.72. The minimum Gasteiger partial charge on any atom is -0.469 e. The van der Waals surface area contributed by atoms with Crippen molar-refractivity contribution in [2.75, 3.05) is 7.11 Å². The van der Waals surface area contributed by atoms with E-state index in [0.717, 1.165) is 22.0 Å². The van der Waals surface area contributed by atoms with Crippen LogP contribution in [0.25, 0.3) is 10.9 Å². The Labute approximate surface area is 94.1 Å². The predicted molar refractivity (Wildman–Crippen MR) is 62.2 cm³/mol. The zero-order valence-electron chi connectivity index (χ0n) is 9.36. The van der Waals surface area contributed by atoms with Gasteiger partial charge in [0.05, 0.1) is 19.0 Å². The monoisotopic (exact) mass is 215 g/mol. The van der Waals surface area contributed by atoms with Crippen molar-refractivity contribution in [1.29, 1.82) is 0 Å². The van der Waals surface area contributed by atoms with E-state index in [2.05, 4.69) is 9.72 Å². The van der Waals surface area contributed by atoms with Crippen molar-refractivity contribution in [3.05, 3.63) is 41.6 Å². The van der Waals surface area contributed by atoms with Crippen molar-refractivity contribution < 1.29 is 9.53 Å². The van der Waals surface area contributed by atoms with Crippen LogP contribution in [0.4, 0.5) is 0 Å². The molecule has 1 aromatic heterocycles. The number of carbonyl (C=O) groups is 1. The molecule has 0 amide bonds. The quantitative estimate of drug-likeness (QED) is 0.721. The second-order valence-corrected chi connectivity index (χ2v) is 3.69. The van der Waals surface area contributed by atoms with E-state index in [0.29, 0.717) is 0 Å². The number of rotatable bonds is 2. The number of benzene rings is 1. The first-order valence-electron chi connectivity index (χ1n) is 5.12. The Morgan fingerprint density at radius 3 is 2.94 bits per heavy atom. The summed E-state index contributed by atoms with van der Waals surface area (Å²) in [6.07, 6.45) is 2.01. The maximum Gasteiger partial charge on any atom is 0.310 e. The molecule has 0 aliphatic rings. The van der Waals surface area contributed by atoms with Gasteiger partial charge in [-0.3, -0.25) is 9.78 Å². The van der Waals surface area contributed by atoms with Crippen LogP contribution in [-0.2, 0) is 16.0 Å². The third kappa shape index (κ3) is 1.89. The Morgan fingerprint density at radius 1 is 1.38 bits per heavy atom. The molecule has 0 saturated heterocycles. The summed E-state index contributed by atoms with van der Waals surface area (Å²) in [5.74, 6) is -0.240. The number of carbonyl (C=O) groups excluding carboxylic acids is 1. The van der Waals surface area contributed by atoms with Gasteiger partial charge >= 0.3 is 5.97 Å². The summed E-state index contributed by atoms with van der Waals surface area (Å²) >= 11 is 0. The van der Waals surface area contributed by atoms with Crippen molar-refractivity contribution in [3.8, 4) is 0 Å². The molecule has 0 spiro atoms. The minimum atomic E-state index is -0.240. The van der Waals surface area contributed by atoms with E-state index < -0.39 is 0 Å². The largest absolute Gasteiger partial charge is 0.469 e. The third-order valence-corrected chi connectivity index (χ3v) is 2.63. The molecular formula is C13H13NO2. The molecule has 0 aliphatic heterocycles. The Hall–Kier alpha value is -1.90. The van der Waals surface area contributed by atoms with Crippen LogP contribution in [0.3, 0.4) is 0 Å². The fourth-order valence-corrected chi connectivity index (χ4v) is 1.74. The van der Waals surface area contributed by atoms with Crippen LogP contribution in [0.2, 0.25) is 0 Å². The molecular weight excluding hydrogens is 202 g/mol. The number of aromatic nitrogens is 1. The van der Waals surface area contributed by atoms with E-state index in [1.165, 1.54) is 7.11 Å². The third-order valence-electron chi connectivity index (χ3n) is 2.63. The van der Waals surface area contributed by atoms with Gasteiger partial charge in [0.1, 0.15) is 0 Å². The van der Waals surface area contributed by atoms with Gasteiger partial charge in [0.2, 0.25) is 0 Å². The maximum absolute atomic E-state index is 11.3. The lowest BCUT2D eigenvalue weighted by molar-refractivity contribution is -0.139. The highest BCUT2D eigenvalue weighted by molar-refractivity contribution is 5.88. The molecule has 3 heteroatoms. The van der Waals surface area contributed by atoms with E-state index in [-0.39, 0.29) is 12.4 Å². The van der Waals surface area contributed by atoms with Gasteiger partial charge in [0, 0.05) is 11.6 Å². The smallest absolute Gasteiger partial charge is 0.310 e. The summed E-state index contributed by atoms with van der Waals surface area (Å²) < 4.78 is 4.67. The van der Waals surface area contributed by atoms with Gasteiger partial charge in [-0.15, -0.1) is 0 Å². The topological polar surface area (TPSA) is 39.2 Å². The molecule has 82 valence electrons. The number of hydrogen-bond acceptors (Lipinski definition) is 3. The highest BCUT2D eigenvalue weighted by Gasteiger charge is 2.08. The van der Waals surface area contributed by atoms with Crippen molar-refractivity contribution in [3.63, 3.8) is 0 Å². The van der Waals surface area contributed by atoms with Crippen LogP contribution in [0.1, 0.15) is 11.1 Å². The standard InChI is InChI=1S/C13H13NO2/c1-9-5-6-10(8-12(15)16-2)13-11(9)4-3-7-14-13/h3-7H,8H2,1-2H3. The van der Waals surface area contributed by atoms with Crippen molar-refractivity contribution in [2.45, 2.75) is 13.3 Å². The first-order valence-corrected chi connectivity index (χ1v) is 5.12. The molecule has 0 aliphatic carbocycles. The van der Waals surface area contributed by atoms with Crippen LogP contribution >= 0.6 is 0 Å². The fourth-order valence-electron chi connectivity index (χ4n) is 1.74. The van der Waals surface area contributed by atoms with E-state index in [4.69, 9.17) is 0 Å². The van der Waals surface area contributed by atoms with Crippen LogP contribution < -0.4 is 0 Å². The van der Waals surface area contributed by atoms with E-state index in [9.17, 15) is 4.79 Å². The van der Waals surface area contributed by atoms with E-state index in [1.807, 2.05) is 31.2 Å². The summed E-state index contributed by atoms with van der Waals surface area (Å²) in [5.41, 5.74) is 2.96. The number of esters is 1. The summed E-state index contributed by atoms with van der Waals surface area (Å²) in [5, 5.41) is 1.09. The van der Waals surface area contributed by atoms with E-state index >= 15 is 0 Å². The van der Waals surface area contributed by atoms with Gasteiger partial charge in [0.15, 0.2) is 0 Å². The Bertz CT molecular complexity index is 534. The highest BCUT2D eigenvalue weighted by Crippen LogP contribution is 2.20. The molecule has 2 aromatic rings. The molecule has 2 rings (SSSR count). The van der Waals surface area contributed by atoms with Crippen LogP contribution in [0.5, 0.6) is 0 Å². The Morgan fingerprint density at radius 2 is 2.19 bits per heavy atom. The lowest BCUT2D eigenvalue weighted by atomic mass is 10.0.